The topological polar surface area (TPSA) is 58.6 Å². The number of hydrogen-bond donors (Lipinski definition) is 1. The van der Waals surface area contributed by atoms with Crippen molar-refractivity contribution in [3.63, 3.8) is 0 Å². The molecule has 0 aliphatic carbocycles. The summed E-state index contributed by atoms with van der Waals surface area (Å²) in [4.78, 5) is 27.2. The number of piperidine rings is 1. The normalized spacial score (nSPS) is 19.1. The third kappa shape index (κ3) is 6.06. The average Bonchev–Trinajstić information content (AvgIpc) is 2.67. The molecule has 1 saturated heterocycles. The van der Waals surface area contributed by atoms with Crippen LogP contribution in [-0.2, 0) is 4.74 Å². The third-order valence-electron chi connectivity index (χ3n) is 5.32. The van der Waals surface area contributed by atoms with Gasteiger partial charge in [0.25, 0.3) is 5.91 Å². The summed E-state index contributed by atoms with van der Waals surface area (Å²) < 4.78 is 20.1. The molecule has 31 heavy (non-hydrogen) atoms. The van der Waals surface area contributed by atoms with E-state index in [0.29, 0.717) is 25.1 Å². The van der Waals surface area contributed by atoms with Gasteiger partial charge in [0.05, 0.1) is 0 Å². The highest BCUT2D eigenvalue weighted by Gasteiger charge is 2.36. The van der Waals surface area contributed by atoms with Crippen molar-refractivity contribution in [1.29, 1.82) is 0 Å². The van der Waals surface area contributed by atoms with Crippen molar-refractivity contribution in [2.75, 3.05) is 13.1 Å². The Morgan fingerprint density at radius 3 is 2.45 bits per heavy atom. The summed E-state index contributed by atoms with van der Waals surface area (Å²) >= 11 is 3.38. The van der Waals surface area contributed by atoms with Gasteiger partial charge >= 0.3 is 6.09 Å². The quantitative estimate of drug-likeness (QED) is 0.624. The lowest BCUT2D eigenvalue weighted by atomic mass is 9.83. The number of aryl methyl sites for hydroxylation is 1. The Hall–Kier alpha value is -2.41. The van der Waals surface area contributed by atoms with Gasteiger partial charge in [-0.25, -0.2) is 9.18 Å². The Morgan fingerprint density at radius 2 is 1.84 bits per heavy atom. The number of nitrogens with zero attached hydrogens (tertiary/aromatic N) is 1. The van der Waals surface area contributed by atoms with Gasteiger partial charge in [0.1, 0.15) is 11.4 Å². The maximum absolute atomic E-state index is 13.7. The van der Waals surface area contributed by atoms with Gasteiger partial charge in [-0.1, -0.05) is 22.0 Å². The highest BCUT2D eigenvalue weighted by molar-refractivity contribution is 9.10. The fourth-order valence-electron chi connectivity index (χ4n) is 3.84. The third-order valence-corrected chi connectivity index (χ3v) is 5.85. The second-order valence-electron chi connectivity index (χ2n) is 8.91. The van der Waals surface area contributed by atoms with E-state index in [9.17, 15) is 14.0 Å². The number of carbonyl (C=O) groups excluding carboxylic acids is 2. The Morgan fingerprint density at radius 1 is 1.16 bits per heavy atom. The van der Waals surface area contributed by atoms with Crippen molar-refractivity contribution >= 4 is 27.9 Å². The smallest absolute Gasteiger partial charge is 0.410 e. The molecule has 2 aromatic carbocycles. The second-order valence-corrected chi connectivity index (χ2v) is 9.82. The van der Waals surface area contributed by atoms with E-state index in [0.717, 1.165) is 15.6 Å². The van der Waals surface area contributed by atoms with Gasteiger partial charge in [-0.15, -0.1) is 0 Å². The largest absolute Gasteiger partial charge is 0.444 e. The summed E-state index contributed by atoms with van der Waals surface area (Å²) in [6, 6.07) is 11.6. The van der Waals surface area contributed by atoms with Gasteiger partial charge in [-0.05, 0) is 81.6 Å². The van der Waals surface area contributed by atoms with Gasteiger partial charge in [0.15, 0.2) is 0 Å². The van der Waals surface area contributed by atoms with Crippen LogP contribution in [0.3, 0.4) is 0 Å². The van der Waals surface area contributed by atoms with E-state index >= 15 is 0 Å². The van der Waals surface area contributed by atoms with E-state index in [2.05, 4.69) is 21.2 Å². The van der Waals surface area contributed by atoms with Crippen LogP contribution >= 0.6 is 15.9 Å². The number of benzene rings is 2. The van der Waals surface area contributed by atoms with Crippen molar-refractivity contribution in [2.45, 2.75) is 51.7 Å². The molecule has 0 bridgehead atoms. The summed E-state index contributed by atoms with van der Waals surface area (Å²) in [5, 5.41) is 3.13. The molecule has 1 N–H and O–H groups in total. The van der Waals surface area contributed by atoms with Crippen molar-refractivity contribution in [2.24, 2.45) is 0 Å². The Bertz CT molecular complexity index is 956. The molecule has 0 radical (unpaired) electrons. The molecule has 0 saturated carbocycles. The monoisotopic (exact) mass is 490 g/mol. The van der Waals surface area contributed by atoms with E-state index < -0.39 is 5.60 Å². The van der Waals surface area contributed by atoms with Gasteiger partial charge in [0.2, 0.25) is 0 Å². The molecule has 2 unspecified atom stereocenters. The lowest BCUT2D eigenvalue weighted by molar-refractivity contribution is 0.0176. The first-order valence-corrected chi connectivity index (χ1v) is 11.1. The summed E-state index contributed by atoms with van der Waals surface area (Å²) in [6.45, 7) is 8.19. The molecule has 0 aromatic heterocycles. The molecule has 5 nitrogen and oxygen atoms in total. The van der Waals surface area contributed by atoms with E-state index in [-0.39, 0.29) is 29.8 Å². The number of rotatable bonds is 3. The maximum Gasteiger partial charge on any atom is 0.410 e. The number of carbonyl (C=O) groups is 2. The van der Waals surface area contributed by atoms with E-state index in [1.54, 1.807) is 23.1 Å². The molecule has 2 aromatic rings. The summed E-state index contributed by atoms with van der Waals surface area (Å²) in [5.41, 5.74) is 1.67. The molecule has 3 rings (SSSR count). The molecule has 1 fully saturated rings. The summed E-state index contributed by atoms with van der Waals surface area (Å²) in [7, 11) is 0. The summed E-state index contributed by atoms with van der Waals surface area (Å²) in [5.74, 6) is -0.661. The zero-order valence-electron chi connectivity index (χ0n) is 18.2. The molecule has 2 atom stereocenters. The Labute approximate surface area is 191 Å². The molecular formula is C24H28BrFN2O3. The first kappa shape index (κ1) is 23.3. The Balaban J connectivity index is 1.84. The highest BCUT2D eigenvalue weighted by Crippen LogP contribution is 2.31. The van der Waals surface area contributed by atoms with Crippen LogP contribution in [0.4, 0.5) is 9.18 Å². The molecule has 166 valence electrons. The van der Waals surface area contributed by atoms with E-state index in [4.69, 9.17) is 4.74 Å². The Kier molecular flexibility index (Phi) is 7.04. The fraction of sp³-hybridized carbons (Fsp3) is 0.417. The standard InChI is InChI=1S/C24H28BrFN2O3/c1-15-13-18(26)9-10-19(15)20-14-28(23(30)31-24(2,3)4)12-11-21(20)27-22(29)16-5-7-17(25)8-6-16/h5-10,13,20-21H,11-12,14H2,1-4H3,(H,27,29). The number of hydrogen-bond acceptors (Lipinski definition) is 3. The van der Waals surface area contributed by atoms with E-state index in [1.165, 1.54) is 12.1 Å². The van der Waals surface area contributed by atoms with Crippen LogP contribution < -0.4 is 5.32 Å². The predicted octanol–water partition coefficient (Wildman–Crippen LogP) is 5.42. The molecule has 1 aliphatic rings. The van der Waals surface area contributed by atoms with Gasteiger partial charge < -0.3 is 15.0 Å². The predicted molar refractivity (Wildman–Crippen MR) is 122 cm³/mol. The van der Waals surface area contributed by atoms with Gasteiger partial charge in [-0.3, -0.25) is 4.79 Å². The second kappa shape index (κ2) is 9.39. The van der Waals surface area contributed by atoms with Crippen LogP contribution in [0.15, 0.2) is 46.9 Å². The van der Waals surface area contributed by atoms with Crippen molar-refractivity contribution < 1.29 is 18.7 Å². The summed E-state index contributed by atoms with van der Waals surface area (Å²) in [6.07, 6.45) is 0.193. The minimum Gasteiger partial charge on any atom is -0.444 e. The van der Waals surface area contributed by atoms with Gasteiger partial charge in [0, 0.05) is 35.1 Å². The van der Waals surface area contributed by atoms with Crippen LogP contribution in [0.5, 0.6) is 0 Å². The first-order chi connectivity index (χ1) is 14.5. The van der Waals surface area contributed by atoms with Crippen LogP contribution in [-0.4, -0.2) is 41.6 Å². The number of amides is 2. The number of halogens is 2. The van der Waals surface area contributed by atoms with Crippen molar-refractivity contribution in [3.05, 3.63) is 69.4 Å². The molecule has 1 heterocycles. The minimum atomic E-state index is -0.592. The lowest BCUT2D eigenvalue weighted by Gasteiger charge is -2.40. The molecule has 2 amide bonds. The SMILES string of the molecule is Cc1cc(F)ccc1C1CN(C(=O)OC(C)(C)C)CCC1NC(=O)c1ccc(Br)cc1. The van der Waals surface area contributed by atoms with Crippen molar-refractivity contribution in [1.82, 2.24) is 10.2 Å². The molecule has 7 heteroatoms. The number of likely N-dealkylation sites (tertiary alicyclic amines) is 1. The zero-order chi connectivity index (χ0) is 22.8. The molecular weight excluding hydrogens is 463 g/mol. The van der Waals surface area contributed by atoms with E-state index in [1.807, 2.05) is 39.8 Å². The maximum atomic E-state index is 13.7. The number of nitrogens with one attached hydrogen (secondary N) is 1. The minimum absolute atomic E-state index is 0.173. The van der Waals surface area contributed by atoms with Crippen LogP contribution in [0.2, 0.25) is 0 Å². The molecule has 1 aliphatic heterocycles. The molecule has 0 spiro atoms. The average molecular weight is 491 g/mol. The van der Waals surface area contributed by atoms with Crippen LogP contribution in [0.1, 0.15) is 54.6 Å². The van der Waals surface area contributed by atoms with Crippen molar-refractivity contribution in [3.8, 4) is 0 Å². The lowest BCUT2D eigenvalue weighted by Crippen LogP contribution is -2.52. The zero-order valence-corrected chi connectivity index (χ0v) is 19.8. The van der Waals surface area contributed by atoms with Crippen LogP contribution in [0.25, 0.3) is 0 Å². The van der Waals surface area contributed by atoms with Gasteiger partial charge in [-0.2, -0.15) is 0 Å². The first-order valence-electron chi connectivity index (χ1n) is 10.3. The number of ether oxygens (including phenoxy) is 1. The van der Waals surface area contributed by atoms with Crippen LogP contribution in [0, 0.1) is 12.7 Å². The fourth-order valence-corrected chi connectivity index (χ4v) is 4.10. The highest BCUT2D eigenvalue weighted by atomic mass is 79.9.